The lowest BCUT2D eigenvalue weighted by molar-refractivity contribution is -0.673. The number of hydrogen-bond acceptors (Lipinski definition) is 6. The Labute approximate surface area is 516 Å². The minimum absolute atomic E-state index is 0.00414. The summed E-state index contributed by atoms with van der Waals surface area (Å²) in [7, 11) is 0. The minimum atomic E-state index is -0.266. The second-order valence-electron chi connectivity index (χ2n) is 25.6. The third-order valence-corrected chi connectivity index (χ3v) is 19.4. The molecule has 7 aromatic rings. The van der Waals surface area contributed by atoms with Crippen LogP contribution in [0.5, 0.6) is 0 Å². The topological polar surface area (TPSA) is 119 Å². The molecule has 0 radical (unpaired) electrons. The van der Waals surface area contributed by atoms with Gasteiger partial charge < -0.3 is 19.5 Å². The molecule has 9 heteroatoms. The molecule has 3 atom stereocenters. The second kappa shape index (κ2) is 29.5. The van der Waals surface area contributed by atoms with E-state index in [1.807, 2.05) is 72.8 Å². The smallest absolute Gasteiger partial charge is 0.309 e. The second-order valence-corrected chi connectivity index (χ2v) is 25.6. The summed E-state index contributed by atoms with van der Waals surface area (Å²) in [6.45, 7) is 7.25. The number of esters is 1. The predicted molar refractivity (Wildman–Crippen MR) is 349 cm³/mol. The number of hydrogen-bond donors (Lipinski definition) is 0. The number of pyridine rings is 2. The highest BCUT2D eigenvalue weighted by atomic mass is 16.5. The average molecular weight is 1170 g/mol. The molecule has 4 aliphatic rings. The molecule has 3 unspecified atom stereocenters. The minimum Gasteiger partial charge on any atom is -0.871 e. The van der Waals surface area contributed by atoms with Crippen LogP contribution in [0, 0.1) is 17.8 Å². The van der Waals surface area contributed by atoms with Gasteiger partial charge in [0.15, 0.2) is 11.6 Å². The lowest BCUT2D eigenvalue weighted by Crippen LogP contribution is -2.39. The highest BCUT2D eigenvalue weighted by Gasteiger charge is 2.41. The number of ether oxygens (including phenoxy) is 1. The number of aryl methyl sites for hydroxylation is 3. The van der Waals surface area contributed by atoms with E-state index in [4.69, 9.17) is 4.74 Å². The Morgan fingerprint density at radius 1 is 0.517 bits per heavy atom. The maximum absolute atomic E-state index is 14.4. The number of para-hydroxylation sites is 2. The molecule has 454 valence electrons. The van der Waals surface area contributed by atoms with E-state index in [2.05, 4.69) is 76.1 Å². The molecule has 0 spiro atoms. The Kier molecular flexibility index (Phi) is 20.8. The van der Waals surface area contributed by atoms with E-state index < -0.39 is 0 Å². The Balaban J connectivity index is 0.838. The SMILES string of the molecule is CCCCCCCCCCCC[n+]1c(/C=C2\C(=O)C(c3ccc4c(c3)c3cc(C5=C([O-])/C(=C\c6ccc7ccccc7[n+]6CCCCCCCCCCCC)C5=O)ccc3n4CCCCCCOC(=O)C3CC4C=CC3C4)=C2[O-])ccc2ccccc21. The van der Waals surface area contributed by atoms with Crippen molar-refractivity contribution in [3.05, 3.63) is 167 Å². The zero-order chi connectivity index (χ0) is 60.1. The van der Waals surface area contributed by atoms with Crippen LogP contribution < -0.4 is 19.3 Å². The number of carbonyl (C=O) groups excluding carboxylic acids is 3. The zero-order valence-corrected chi connectivity index (χ0v) is 51.9. The molecular weight excluding hydrogens is 1070 g/mol. The maximum Gasteiger partial charge on any atom is 0.309 e. The molecule has 4 aliphatic carbocycles. The van der Waals surface area contributed by atoms with E-state index in [0.29, 0.717) is 36.1 Å². The van der Waals surface area contributed by atoms with Crippen molar-refractivity contribution < 1.29 is 38.5 Å². The summed E-state index contributed by atoms with van der Waals surface area (Å²) in [5.41, 5.74) is 7.59. The van der Waals surface area contributed by atoms with E-state index >= 15 is 0 Å². The molecule has 4 aromatic carbocycles. The third kappa shape index (κ3) is 14.0. The Bertz CT molecular complexity index is 3580. The summed E-state index contributed by atoms with van der Waals surface area (Å²) in [5.74, 6) is -0.255. The summed E-state index contributed by atoms with van der Waals surface area (Å²) in [6.07, 6.45) is 38.5. The normalized spacial score (nSPS) is 18.3. The highest BCUT2D eigenvalue weighted by molar-refractivity contribution is 6.41. The first kappa shape index (κ1) is 61.3. The Morgan fingerprint density at radius 2 is 0.966 bits per heavy atom. The standard InChI is InChI=1S/C78H91N3O6/c1-3-5-7-9-11-13-15-17-19-27-45-79-61(41-37-56-31-23-25-33-68(56)79)53-66-74(82)72(75(66)83)59-39-43-70-64(51-59)65-52-60(40-44-71(65)81(70)47-29-21-22-30-48-87-78(86)63-50-55-35-36-58(63)49-55)73-76(84)67(77(73)85)54-62-42-38-57-32-24-26-34-69(57)80(62)46-28-20-18-16-14-12-10-8-6-4-2/h23-26,31-44,51-55,58,63H,3-22,27-30,45-50H2,1-2H3. The third-order valence-electron chi connectivity index (χ3n) is 19.4. The molecule has 0 aliphatic heterocycles. The van der Waals surface area contributed by atoms with Crippen LogP contribution in [0.3, 0.4) is 0 Å². The average Bonchev–Trinajstić information content (AvgIpc) is 2.23. The van der Waals surface area contributed by atoms with Gasteiger partial charge in [-0.15, -0.1) is 0 Å². The number of nitrogens with zero attached hydrogens (tertiary/aromatic N) is 3. The fourth-order valence-electron chi connectivity index (χ4n) is 14.4. The van der Waals surface area contributed by atoms with Crippen LogP contribution in [0.25, 0.3) is 66.9 Å². The van der Waals surface area contributed by atoms with Crippen molar-refractivity contribution in [2.45, 2.75) is 200 Å². The number of unbranched alkanes of at least 4 members (excludes halogenated alkanes) is 21. The fraction of sp³-hybridized carbons (Fsp3) is 0.449. The van der Waals surface area contributed by atoms with Gasteiger partial charge >= 0.3 is 5.97 Å². The van der Waals surface area contributed by atoms with E-state index in [1.165, 1.54) is 103 Å². The van der Waals surface area contributed by atoms with Crippen LogP contribution in [-0.4, -0.2) is 28.7 Å². The molecular formula is C78H91N3O6. The van der Waals surface area contributed by atoms with Gasteiger partial charge in [-0.2, -0.15) is 9.13 Å². The lowest BCUT2D eigenvalue weighted by Gasteiger charge is -2.30. The van der Waals surface area contributed by atoms with E-state index in [0.717, 1.165) is 132 Å². The molecule has 2 bridgehead atoms. The van der Waals surface area contributed by atoms with E-state index in [9.17, 15) is 24.6 Å². The summed E-state index contributed by atoms with van der Waals surface area (Å²) in [4.78, 5) is 41.6. The molecule has 0 saturated heterocycles. The van der Waals surface area contributed by atoms with Crippen molar-refractivity contribution in [2.75, 3.05) is 6.61 Å². The van der Waals surface area contributed by atoms with Crippen LogP contribution in [-0.2, 0) is 38.8 Å². The van der Waals surface area contributed by atoms with Crippen molar-refractivity contribution >= 4 is 84.4 Å². The number of benzene rings is 4. The number of fused-ring (bicyclic) bond motifs is 7. The largest absolute Gasteiger partial charge is 0.871 e. The number of Topliss-reactive ketones (excluding diaryl/α,β-unsaturated/α-hetero) is 2. The van der Waals surface area contributed by atoms with Crippen LogP contribution in [0.1, 0.15) is 203 Å². The van der Waals surface area contributed by atoms with Gasteiger partial charge in [-0.1, -0.05) is 183 Å². The predicted octanol–water partition coefficient (Wildman–Crippen LogP) is 16.3. The molecule has 3 aromatic heterocycles. The van der Waals surface area contributed by atoms with E-state index in [-0.39, 0.29) is 57.3 Å². The zero-order valence-electron chi connectivity index (χ0n) is 51.9. The molecule has 0 N–H and O–H groups in total. The molecule has 1 saturated carbocycles. The molecule has 9 nitrogen and oxygen atoms in total. The number of rotatable bonds is 34. The molecule has 1 fully saturated rings. The van der Waals surface area contributed by atoms with Gasteiger partial charge in [0.1, 0.15) is 13.1 Å². The van der Waals surface area contributed by atoms with Crippen molar-refractivity contribution in [1.82, 2.24) is 4.57 Å². The van der Waals surface area contributed by atoms with Gasteiger partial charge in [0.25, 0.3) is 0 Å². The van der Waals surface area contributed by atoms with Gasteiger partial charge in [0.05, 0.1) is 12.5 Å². The summed E-state index contributed by atoms with van der Waals surface area (Å²) >= 11 is 0. The quantitative estimate of drug-likeness (QED) is 0.0130. The Hall–Kier alpha value is -7.39. The number of ketones is 2. The summed E-state index contributed by atoms with van der Waals surface area (Å²) < 4.78 is 12.6. The number of aromatic nitrogens is 3. The molecule has 3 heterocycles. The summed E-state index contributed by atoms with van der Waals surface area (Å²) in [6, 6.07) is 36.6. The van der Waals surface area contributed by atoms with E-state index in [1.54, 1.807) is 12.2 Å². The fourth-order valence-corrected chi connectivity index (χ4v) is 14.4. The lowest BCUT2D eigenvalue weighted by atomic mass is 9.82. The van der Waals surface area contributed by atoms with Crippen LogP contribution >= 0.6 is 0 Å². The van der Waals surface area contributed by atoms with Crippen molar-refractivity contribution in [2.24, 2.45) is 17.8 Å². The van der Waals surface area contributed by atoms with Gasteiger partial charge in [0, 0.05) is 111 Å². The molecule has 87 heavy (non-hydrogen) atoms. The van der Waals surface area contributed by atoms with Gasteiger partial charge in [-0.25, -0.2) is 0 Å². The van der Waals surface area contributed by atoms with Crippen molar-refractivity contribution in [1.29, 1.82) is 0 Å². The first-order chi connectivity index (χ1) is 42.7. The number of allylic oxidation sites excluding steroid dienone is 6. The first-order valence-corrected chi connectivity index (χ1v) is 33.8. The monoisotopic (exact) mass is 1170 g/mol. The molecule has 11 rings (SSSR count). The van der Waals surface area contributed by atoms with Gasteiger partial charge in [-0.3, -0.25) is 14.4 Å². The maximum atomic E-state index is 14.4. The first-order valence-electron chi connectivity index (χ1n) is 33.8. The Morgan fingerprint density at radius 3 is 1.41 bits per heavy atom. The van der Waals surface area contributed by atoms with Gasteiger partial charge in [-0.05, 0) is 116 Å². The summed E-state index contributed by atoms with van der Waals surface area (Å²) in [5, 5.41) is 32.7. The van der Waals surface area contributed by atoms with Crippen molar-refractivity contribution in [3.8, 4) is 0 Å². The van der Waals surface area contributed by atoms with Crippen LogP contribution in [0.4, 0.5) is 0 Å². The van der Waals surface area contributed by atoms with Crippen molar-refractivity contribution in [3.63, 3.8) is 0 Å². The highest BCUT2D eigenvalue weighted by Crippen LogP contribution is 2.45. The van der Waals surface area contributed by atoms with Crippen LogP contribution in [0.2, 0.25) is 0 Å². The molecule has 0 amide bonds. The van der Waals surface area contributed by atoms with Crippen LogP contribution in [0.15, 0.2) is 144 Å². The van der Waals surface area contributed by atoms with Gasteiger partial charge in [0.2, 0.25) is 22.4 Å². The number of carbonyl (C=O) groups is 3.